The first-order chi connectivity index (χ1) is 14.0. The lowest BCUT2D eigenvalue weighted by Crippen LogP contribution is -2.06. The Labute approximate surface area is 170 Å². The van der Waals surface area contributed by atoms with Gasteiger partial charge in [-0.1, -0.05) is 17.4 Å². The van der Waals surface area contributed by atoms with Crippen molar-refractivity contribution in [2.45, 2.75) is 6.92 Å². The van der Waals surface area contributed by atoms with E-state index in [1.165, 1.54) is 29.5 Å². The number of aromatic nitrogens is 2. The van der Waals surface area contributed by atoms with Gasteiger partial charge in [-0.2, -0.15) is 5.10 Å². The van der Waals surface area contributed by atoms with Gasteiger partial charge in [0.25, 0.3) is 0 Å². The molecule has 3 heterocycles. The first-order valence-electron chi connectivity index (χ1n) is 8.49. The highest BCUT2D eigenvalue weighted by Crippen LogP contribution is 2.31. The van der Waals surface area contributed by atoms with Crippen LogP contribution in [0.1, 0.15) is 15.4 Å². The molecule has 0 bridgehead atoms. The summed E-state index contributed by atoms with van der Waals surface area (Å²) in [5, 5.41) is 5.25. The van der Waals surface area contributed by atoms with Crippen molar-refractivity contribution in [2.24, 2.45) is 0 Å². The van der Waals surface area contributed by atoms with Gasteiger partial charge in [0.05, 0.1) is 16.1 Å². The topological polar surface area (TPSA) is 74.3 Å². The van der Waals surface area contributed by atoms with Crippen molar-refractivity contribution >= 4 is 49.1 Å². The normalized spacial score (nSPS) is 11.4. The Morgan fingerprint density at radius 3 is 2.86 bits per heavy atom. The maximum Gasteiger partial charge on any atom is 0.396 e. The number of ether oxygens (including phenoxy) is 1. The third-order valence-corrected chi connectivity index (χ3v) is 6.21. The number of benzene rings is 2. The molecule has 3 aromatic heterocycles. The van der Waals surface area contributed by atoms with Crippen molar-refractivity contribution in [2.75, 3.05) is 0 Å². The SMILES string of the molecule is Cc1nn(-c2cccc(F)c2)c2sc(C(=O)Oc3ccc4sc(=O)oc4c3)cc12. The second-order valence-electron chi connectivity index (χ2n) is 6.26. The van der Waals surface area contributed by atoms with Crippen LogP contribution in [0.5, 0.6) is 5.75 Å². The largest absolute Gasteiger partial charge is 0.422 e. The monoisotopic (exact) mass is 426 g/mol. The molecule has 0 N–H and O–H groups in total. The van der Waals surface area contributed by atoms with E-state index in [-0.39, 0.29) is 11.6 Å². The standard InChI is InChI=1S/C20H11FN2O4S2/c1-10-14-9-17(28-18(14)23(22-10)12-4-2-3-11(21)7-12)19(24)26-13-5-6-16-15(8-13)27-20(25)29-16/h2-9H,1H3. The summed E-state index contributed by atoms with van der Waals surface area (Å²) >= 11 is 2.20. The fourth-order valence-electron chi connectivity index (χ4n) is 3.00. The van der Waals surface area contributed by atoms with Crippen molar-refractivity contribution in [1.82, 2.24) is 9.78 Å². The summed E-state index contributed by atoms with van der Waals surface area (Å²) in [5.74, 6) is -0.617. The summed E-state index contributed by atoms with van der Waals surface area (Å²) in [7, 11) is 0. The molecule has 0 fully saturated rings. The van der Waals surface area contributed by atoms with Crippen LogP contribution in [0, 0.1) is 12.7 Å². The Balaban J connectivity index is 1.50. The van der Waals surface area contributed by atoms with Gasteiger partial charge < -0.3 is 9.15 Å². The number of carbonyl (C=O) groups is 1. The maximum absolute atomic E-state index is 13.6. The van der Waals surface area contributed by atoms with E-state index in [0.717, 1.165) is 27.2 Å². The van der Waals surface area contributed by atoms with Gasteiger partial charge in [-0.15, -0.1) is 11.3 Å². The highest BCUT2D eigenvalue weighted by Gasteiger charge is 2.19. The van der Waals surface area contributed by atoms with E-state index >= 15 is 0 Å². The molecule has 2 aromatic carbocycles. The number of hydrogen-bond donors (Lipinski definition) is 0. The molecule has 0 amide bonds. The molecule has 0 saturated heterocycles. The Bertz CT molecular complexity index is 1460. The van der Waals surface area contributed by atoms with Gasteiger partial charge in [0, 0.05) is 11.5 Å². The van der Waals surface area contributed by atoms with Crippen molar-refractivity contribution in [1.29, 1.82) is 0 Å². The highest BCUT2D eigenvalue weighted by molar-refractivity contribution is 7.20. The van der Waals surface area contributed by atoms with Crippen molar-refractivity contribution < 1.29 is 18.3 Å². The summed E-state index contributed by atoms with van der Waals surface area (Å²) in [6.45, 7) is 1.83. The van der Waals surface area contributed by atoms with Gasteiger partial charge in [-0.25, -0.2) is 18.7 Å². The molecule has 0 aliphatic carbocycles. The van der Waals surface area contributed by atoms with E-state index in [1.807, 2.05) is 6.92 Å². The molecule has 5 aromatic rings. The van der Waals surface area contributed by atoms with Crippen LogP contribution >= 0.6 is 22.7 Å². The van der Waals surface area contributed by atoms with Crippen molar-refractivity contribution in [3.05, 3.63) is 74.7 Å². The minimum absolute atomic E-state index is 0.282. The molecular weight excluding hydrogens is 415 g/mol. The van der Waals surface area contributed by atoms with E-state index < -0.39 is 10.9 Å². The van der Waals surface area contributed by atoms with Crippen LogP contribution in [0.4, 0.5) is 4.39 Å². The average molecular weight is 426 g/mol. The number of aryl methyl sites for hydroxylation is 1. The first-order valence-corrected chi connectivity index (χ1v) is 10.1. The molecular formula is C20H11FN2O4S2. The summed E-state index contributed by atoms with van der Waals surface area (Å²) in [4.78, 5) is 24.7. The Morgan fingerprint density at radius 2 is 2.03 bits per heavy atom. The van der Waals surface area contributed by atoms with Gasteiger partial charge >= 0.3 is 10.9 Å². The molecule has 9 heteroatoms. The van der Waals surface area contributed by atoms with Crippen molar-refractivity contribution in [3.63, 3.8) is 0 Å². The van der Waals surface area contributed by atoms with Gasteiger partial charge in [-0.05, 0) is 43.3 Å². The molecule has 0 atom stereocenters. The lowest BCUT2D eigenvalue weighted by Gasteiger charge is -2.03. The molecule has 0 unspecified atom stereocenters. The predicted molar refractivity (Wildman–Crippen MR) is 109 cm³/mol. The van der Waals surface area contributed by atoms with Gasteiger partial charge in [0.2, 0.25) is 0 Å². The Morgan fingerprint density at radius 1 is 1.17 bits per heavy atom. The van der Waals surface area contributed by atoms with Crippen LogP contribution < -0.4 is 9.68 Å². The lowest BCUT2D eigenvalue weighted by molar-refractivity contribution is 0.0740. The quantitative estimate of drug-likeness (QED) is 0.302. The van der Waals surface area contributed by atoms with E-state index in [1.54, 1.807) is 35.0 Å². The zero-order valence-corrected chi connectivity index (χ0v) is 16.5. The molecule has 6 nitrogen and oxygen atoms in total. The van der Waals surface area contributed by atoms with Crippen LogP contribution in [0.2, 0.25) is 0 Å². The maximum atomic E-state index is 13.6. The lowest BCUT2D eigenvalue weighted by atomic mass is 10.3. The molecule has 0 radical (unpaired) electrons. The smallest absolute Gasteiger partial charge is 0.396 e. The third kappa shape index (κ3) is 3.14. The molecule has 144 valence electrons. The van der Waals surface area contributed by atoms with Crippen LogP contribution in [0.15, 0.2) is 57.7 Å². The number of hydrogen-bond acceptors (Lipinski definition) is 7. The molecule has 29 heavy (non-hydrogen) atoms. The van der Waals surface area contributed by atoms with Crippen LogP contribution in [0.3, 0.4) is 0 Å². The summed E-state index contributed by atoms with van der Waals surface area (Å²) < 4.78 is 26.4. The number of thiophene rings is 1. The minimum Gasteiger partial charge on any atom is -0.422 e. The predicted octanol–water partition coefficient (Wildman–Crippen LogP) is 4.92. The zero-order chi connectivity index (χ0) is 20.1. The van der Waals surface area contributed by atoms with Crippen LogP contribution in [0.25, 0.3) is 26.2 Å². The van der Waals surface area contributed by atoms with Gasteiger partial charge in [0.1, 0.15) is 21.3 Å². The number of fused-ring (bicyclic) bond motifs is 2. The average Bonchev–Trinajstić information content (AvgIpc) is 3.35. The number of halogens is 1. The number of esters is 1. The Kier molecular flexibility index (Phi) is 4.07. The second-order valence-corrected chi connectivity index (χ2v) is 8.27. The zero-order valence-electron chi connectivity index (χ0n) is 14.8. The third-order valence-electron chi connectivity index (χ3n) is 4.31. The van der Waals surface area contributed by atoms with E-state index in [0.29, 0.717) is 20.8 Å². The van der Waals surface area contributed by atoms with Crippen LogP contribution in [-0.4, -0.2) is 15.7 Å². The van der Waals surface area contributed by atoms with E-state index in [2.05, 4.69) is 5.10 Å². The molecule has 0 saturated carbocycles. The number of carbonyl (C=O) groups excluding carboxylic acids is 1. The van der Waals surface area contributed by atoms with Gasteiger partial charge in [-0.3, -0.25) is 0 Å². The molecule has 5 rings (SSSR count). The van der Waals surface area contributed by atoms with Gasteiger partial charge in [0.15, 0.2) is 5.58 Å². The minimum atomic E-state index is -0.534. The number of nitrogens with zero attached hydrogens (tertiary/aromatic N) is 2. The number of rotatable bonds is 3. The van der Waals surface area contributed by atoms with Crippen LogP contribution in [-0.2, 0) is 0 Å². The molecule has 0 aliphatic heterocycles. The molecule has 0 aliphatic rings. The summed E-state index contributed by atoms with van der Waals surface area (Å²) in [6.07, 6.45) is 0. The van der Waals surface area contributed by atoms with E-state index in [4.69, 9.17) is 9.15 Å². The fourth-order valence-corrected chi connectivity index (χ4v) is 4.71. The van der Waals surface area contributed by atoms with Crippen molar-refractivity contribution in [3.8, 4) is 11.4 Å². The van der Waals surface area contributed by atoms with E-state index in [9.17, 15) is 14.0 Å². The fraction of sp³-hybridized carbons (Fsp3) is 0.0500. The second kappa shape index (κ2) is 6.64. The Hall–Kier alpha value is -3.30. The molecule has 0 spiro atoms. The highest BCUT2D eigenvalue weighted by atomic mass is 32.1. The summed E-state index contributed by atoms with van der Waals surface area (Å²) in [5.41, 5.74) is 1.67. The summed E-state index contributed by atoms with van der Waals surface area (Å²) in [6, 6.07) is 12.6. The first kappa shape index (κ1) is 17.8.